The van der Waals surface area contributed by atoms with Crippen LogP contribution >= 0.6 is 11.6 Å². The van der Waals surface area contributed by atoms with Gasteiger partial charge in [-0.1, -0.05) is 41.9 Å². The van der Waals surface area contributed by atoms with E-state index in [2.05, 4.69) is 40.5 Å². The van der Waals surface area contributed by atoms with Gasteiger partial charge in [0.1, 0.15) is 0 Å². The molecule has 104 valence electrons. The average molecular weight is 287 g/mol. The Kier molecular flexibility index (Phi) is 3.95. The number of benzene rings is 2. The second kappa shape index (κ2) is 5.86. The summed E-state index contributed by atoms with van der Waals surface area (Å²) in [6.45, 7) is 2.81. The minimum absolute atomic E-state index is 0.799. The molecule has 0 fully saturated rings. The van der Waals surface area contributed by atoms with Gasteiger partial charge in [0.15, 0.2) is 0 Å². The average Bonchev–Trinajstić information content (AvgIpc) is 2.49. The number of anilines is 1. The van der Waals surface area contributed by atoms with Gasteiger partial charge in [-0.2, -0.15) is 0 Å². The van der Waals surface area contributed by atoms with Crippen LogP contribution in [0.15, 0.2) is 42.5 Å². The zero-order valence-electron chi connectivity index (χ0n) is 11.7. The minimum atomic E-state index is 0.799. The van der Waals surface area contributed by atoms with Gasteiger partial charge in [0.2, 0.25) is 0 Å². The number of nitrogens with one attached hydrogen (secondary N) is 1. The van der Waals surface area contributed by atoms with Crippen LogP contribution < -0.4 is 10.2 Å². The van der Waals surface area contributed by atoms with E-state index in [9.17, 15) is 0 Å². The second-order valence-corrected chi connectivity index (χ2v) is 5.62. The quantitative estimate of drug-likeness (QED) is 0.927. The zero-order chi connectivity index (χ0) is 13.9. The number of rotatable bonds is 3. The first kappa shape index (κ1) is 13.5. The highest BCUT2D eigenvalue weighted by Crippen LogP contribution is 2.31. The van der Waals surface area contributed by atoms with Gasteiger partial charge in [0.25, 0.3) is 0 Å². The Labute approximate surface area is 125 Å². The predicted octanol–water partition coefficient (Wildman–Crippen LogP) is 3.62. The first-order valence-electron chi connectivity index (χ1n) is 7.03. The van der Waals surface area contributed by atoms with Gasteiger partial charge in [0.05, 0.1) is 0 Å². The molecule has 1 heterocycles. The first-order chi connectivity index (χ1) is 9.79. The highest BCUT2D eigenvalue weighted by Gasteiger charge is 2.19. The lowest BCUT2D eigenvalue weighted by molar-refractivity contribution is 0.720. The summed E-state index contributed by atoms with van der Waals surface area (Å²) in [6, 6.07) is 14.9. The predicted molar refractivity (Wildman–Crippen MR) is 85.4 cm³/mol. The van der Waals surface area contributed by atoms with Gasteiger partial charge < -0.3 is 10.2 Å². The van der Waals surface area contributed by atoms with E-state index in [4.69, 9.17) is 11.6 Å². The van der Waals surface area contributed by atoms with Gasteiger partial charge in [-0.15, -0.1) is 0 Å². The normalized spacial score (nSPS) is 14.2. The largest absolute Gasteiger partial charge is 0.367 e. The number of halogens is 1. The summed E-state index contributed by atoms with van der Waals surface area (Å²) in [5.41, 5.74) is 5.34. The third-order valence-corrected chi connectivity index (χ3v) is 4.27. The smallest absolute Gasteiger partial charge is 0.0471 e. The van der Waals surface area contributed by atoms with E-state index < -0.39 is 0 Å². The van der Waals surface area contributed by atoms with E-state index in [0.717, 1.165) is 31.1 Å². The maximum atomic E-state index is 6.36. The molecule has 2 aromatic carbocycles. The molecule has 0 saturated heterocycles. The van der Waals surface area contributed by atoms with E-state index in [0.29, 0.717) is 0 Å². The van der Waals surface area contributed by atoms with Crippen molar-refractivity contribution in [3.63, 3.8) is 0 Å². The van der Waals surface area contributed by atoms with Gasteiger partial charge in [0, 0.05) is 35.9 Å². The van der Waals surface area contributed by atoms with Crippen LogP contribution in [0.3, 0.4) is 0 Å². The van der Waals surface area contributed by atoms with Crippen LogP contribution in [0.2, 0.25) is 5.02 Å². The molecular weight excluding hydrogens is 268 g/mol. The van der Waals surface area contributed by atoms with Crippen molar-refractivity contribution in [1.29, 1.82) is 0 Å². The van der Waals surface area contributed by atoms with Crippen LogP contribution in [0.5, 0.6) is 0 Å². The highest BCUT2D eigenvalue weighted by molar-refractivity contribution is 6.31. The van der Waals surface area contributed by atoms with Crippen molar-refractivity contribution in [3.8, 4) is 0 Å². The number of fused-ring (bicyclic) bond motifs is 1. The van der Waals surface area contributed by atoms with Crippen molar-refractivity contribution < 1.29 is 0 Å². The van der Waals surface area contributed by atoms with Crippen molar-refractivity contribution in [2.45, 2.75) is 19.5 Å². The third-order valence-electron chi connectivity index (χ3n) is 3.92. The van der Waals surface area contributed by atoms with Crippen LogP contribution in [-0.4, -0.2) is 13.6 Å². The van der Waals surface area contributed by atoms with Gasteiger partial charge in [-0.25, -0.2) is 0 Å². The zero-order valence-corrected chi connectivity index (χ0v) is 12.5. The maximum absolute atomic E-state index is 6.36. The second-order valence-electron chi connectivity index (χ2n) is 5.21. The molecule has 3 heteroatoms. The number of nitrogens with zero attached hydrogens (tertiary/aromatic N) is 1. The fourth-order valence-electron chi connectivity index (χ4n) is 2.90. The molecule has 1 aliphatic rings. The SMILES string of the molecule is CNCc1c(Cl)cccc1N1CCc2ccccc2C1. The molecule has 0 spiro atoms. The molecule has 1 N–H and O–H groups in total. The molecule has 0 saturated carbocycles. The van der Waals surface area contributed by atoms with Crippen molar-refractivity contribution in [2.75, 3.05) is 18.5 Å². The first-order valence-corrected chi connectivity index (χ1v) is 7.41. The molecule has 0 radical (unpaired) electrons. The van der Waals surface area contributed by atoms with E-state index in [1.165, 1.54) is 22.4 Å². The molecule has 0 aromatic heterocycles. The summed E-state index contributed by atoms with van der Waals surface area (Å²) < 4.78 is 0. The van der Waals surface area contributed by atoms with E-state index >= 15 is 0 Å². The molecule has 0 amide bonds. The van der Waals surface area contributed by atoms with Crippen LogP contribution in [0, 0.1) is 0 Å². The Bertz CT molecular complexity index is 610. The molecule has 20 heavy (non-hydrogen) atoms. The van der Waals surface area contributed by atoms with Gasteiger partial charge >= 0.3 is 0 Å². The van der Waals surface area contributed by atoms with Crippen molar-refractivity contribution >= 4 is 17.3 Å². The van der Waals surface area contributed by atoms with Crippen molar-refractivity contribution in [2.24, 2.45) is 0 Å². The van der Waals surface area contributed by atoms with Gasteiger partial charge in [-0.05, 0) is 36.7 Å². The Morgan fingerprint density at radius 2 is 1.90 bits per heavy atom. The Morgan fingerprint density at radius 1 is 1.10 bits per heavy atom. The summed E-state index contributed by atoms with van der Waals surface area (Å²) >= 11 is 6.36. The summed E-state index contributed by atoms with van der Waals surface area (Å²) in [6.07, 6.45) is 1.10. The lowest BCUT2D eigenvalue weighted by Gasteiger charge is -2.32. The standard InChI is InChI=1S/C17H19ClN2/c1-19-11-15-16(18)7-4-8-17(15)20-10-9-13-5-2-3-6-14(13)12-20/h2-8,19H,9-12H2,1H3. The maximum Gasteiger partial charge on any atom is 0.0471 e. The topological polar surface area (TPSA) is 15.3 Å². The minimum Gasteiger partial charge on any atom is -0.367 e. The third kappa shape index (κ3) is 2.54. The molecule has 2 aromatic rings. The molecule has 0 bridgehead atoms. The molecule has 2 nitrogen and oxygen atoms in total. The number of hydrogen-bond acceptors (Lipinski definition) is 2. The monoisotopic (exact) mass is 286 g/mol. The van der Waals surface area contributed by atoms with Crippen LogP contribution in [0.25, 0.3) is 0 Å². The molecular formula is C17H19ClN2. The molecule has 1 aliphatic heterocycles. The Balaban J connectivity index is 1.93. The lowest BCUT2D eigenvalue weighted by Crippen LogP contribution is -2.31. The summed E-state index contributed by atoms with van der Waals surface area (Å²) in [5.74, 6) is 0. The van der Waals surface area contributed by atoms with E-state index in [1.54, 1.807) is 0 Å². The van der Waals surface area contributed by atoms with Crippen LogP contribution in [0.1, 0.15) is 16.7 Å². The lowest BCUT2D eigenvalue weighted by atomic mass is 9.98. The number of hydrogen-bond donors (Lipinski definition) is 1. The molecule has 3 rings (SSSR count). The summed E-state index contributed by atoms with van der Waals surface area (Å²) in [4.78, 5) is 2.43. The summed E-state index contributed by atoms with van der Waals surface area (Å²) in [5, 5.41) is 4.06. The summed E-state index contributed by atoms with van der Waals surface area (Å²) in [7, 11) is 1.96. The van der Waals surface area contributed by atoms with Gasteiger partial charge in [-0.3, -0.25) is 0 Å². The van der Waals surface area contributed by atoms with Crippen LogP contribution in [0.4, 0.5) is 5.69 Å². The molecule has 0 atom stereocenters. The fraction of sp³-hybridized carbons (Fsp3) is 0.294. The molecule has 0 aliphatic carbocycles. The highest BCUT2D eigenvalue weighted by atomic mass is 35.5. The van der Waals surface area contributed by atoms with Crippen molar-refractivity contribution in [3.05, 3.63) is 64.2 Å². The van der Waals surface area contributed by atoms with Crippen molar-refractivity contribution in [1.82, 2.24) is 5.32 Å². The van der Waals surface area contributed by atoms with E-state index in [-0.39, 0.29) is 0 Å². The van der Waals surface area contributed by atoms with E-state index in [1.807, 2.05) is 19.2 Å². The Hall–Kier alpha value is -1.51. The Morgan fingerprint density at radius 3 is 2.70 bits per heavy atom. The molecule has 0 unspecified atom stereocenters. The van der Waals surface area contributed by atoms with Crippen LogP contribution in [-0.2, 0) is 19.5 Å². The fourth-order valence-corrected chi connectivity index (χ4v) is 3.13.